The predicted molar refractivity (Wildman–Crippen MR) is 145 cm³/mol. The average Bonchev–Trinajstić information content (AvgIpc) is 3.37. The third-order valence-electron chi connectivity index (χ3n) is 6.16. The first-order valence-corrected chi connectivity index (χ1v) is 13.9. The van der Waals surface area contributed by atoms with E-state index < -0.39 is 29.8 Å². The maximum absolute atomic E-state index is 14.6. The van der Waals surface area contributed by atoms with Crippen LogP contribution in [0.3, 0.4) is 0 Å². The zero-order valence-electron chi connectivity index (χ0n) is 19.9. The standard InChI is InChI=1S/C24H23Cl3F3N3O2S2/c1-4-9-32-15(34)11-33-22(35)19-13-8-6-5-7-12(13)18(36-19)14(31-3)10-23(2,24(28,29)30)20-16(25)17(26)21(27)37-20/h1H,5-11H2,2-3H3,(H,32,34)(H,33,35)/t23-/m0/s1. The molecule has 37 heavy (non-hydrogen) atoms. The normalized spacial score (nSPS) is 15.5. The molecule has 2 amide bonds. The minimum atomic E-state index is -4.70. The van der Waals surface area contributed by atoms with E-state index >= 15 is 0 Å². The average molecular weight is 613 g/mol. The molecule has 0 saturated carbocycles. The summed E-state index contributed by atoms with van der Waals surface area (Å²) in [6, 6.07) is 0. The van der Waals surface area contributed by atoms with Gasteiger partial charge in [0, 0.05) is 18.3 Å². The van der Waals surface area contributed by atoms with Crippen molar-refractivity contribution >= 4 is 75.0 Å². The molecule has 1 aliphatic rings. The van der Waals surface area contributed by atoms with Gasteiger partial charge in [-0.1, -0.05) is 40.7 Å². The molecule has 0 saturated heterocycles. The lowest BCUT2D eigenvalue weighted by Gasteiger charge is -2.32. The summed E-state index contributed by atoms with van der Waals surface area (Å²) in [6.07, 6.45) is 2.78. The number of nitrogens with zero attached hydrogens (tertiary/aromatic N) is 1. The summed E-state index contributed by atoms with van der Waals surface area (Å²) in [6.45, 7) is 0.805. The Bertz CT molecular complexity index is 1280. The van der Waals surface area contributed by atoms with Crippen molar-refractivity contribution in [2.75, 3.05) is 20.1 Å². The van der Waals surface area contributed by atoms with E-state index in [0.717, 1.165) is 42.2 Å². The summed E-state index contributed by atoms with van der Waals surface area (Å²) in [5, 5.41) is 4.68. The largest absolute Gasteiger partial charge is 0.399 e. The number of hydrogen-bond donors (Lipinski definition) is 2. The predicted octanol–water partition coefficient (Wildman–Crippen LogP) is 6.46. The molecule has 2 heterocycles. The van der Waals surface area contributed by atoms with Gasteiger partial charge in [-0.15, -0.1) is 29.1 Å². The van der Waals surface area contributed by atoms with Crippen molar-refractivity contribution in [2.24, 2.45) is 4.99 Å². The fourth-order valence-corrected chi connectivity index (χ4v) is 7.56. The van der Waals surface area contributed by atoms with Gasteiger partial charge in [0.15, 0.2) is 0 Å². The number of terminal acetylenes is 1. The molecular formula is C24H23Cl3F3N3O2S2. The van der Waals surface area contributed by atoms with Crippen LogP contribution < -0.4 is 10.6 Å². The summed E-state index contributed by atoms with van der Waals surface area (Å²) < 4.78 is 43.6. The molecule has 0 spiro atoms. The lowest BCUT2D eigenvalue weighted by Crippen LogP contribution is -2.41. The van der Waals surface area contributed by atoms with Crippen LogP contribution >= 0.6 is 57.5 Å². The number of alkyl halides is 3. The molecule has 0 unspecified atom stereocenters. The van der Waals surface area contributed by atoms with E-state index in [4.69, 9.17) is 41.2 Å². The van der Waals surface area contributed by atoms with E-state index in [1.807, 2.05) is 0 Å². The Morgan fingerprint density at radius 1 is 1.05 bits per heavy atom. The fraction of sp³-hybridized carbons (Fsp3) is 0.458. The van der Waals surface area contributed by atoms with E-state index in [-0.39, 0.29) is 38.1 Å². The Morgan fingerprint density at radius 3 is 2.19 bits per heavy atom. The summed E-state index contributed by atoms with van der Waals surface area (Å²) >= 11 is 20.0. The zero-order valence-corrected chi connectivity index (χ0v) is 23.8. The molecule has 5 nitrogen and oxygen atoms in total. The third kappa shape index (κ3) is 6.12. The molecular weight excluding hydrogens is 590 g/mol. The second-order valence-electron chi connectivity index (χ2n) is 8.60. The number of halogens is 6. The van der Waals surface area contributed by atoms with Gasteiger partial charge in [0.05, 0.1) is 38.6 Å². The first-order chi connectivity index (χ1) is 17.4. The lowest BCUT2D eigenvalue weighted by molar-refractivity contribution is -0.182. The van der Waals surface area contributed by atoms with Crippen molar-refractivity contribution in [3.05, 3.63) is 40.1 Å². The number of carbonyl (C=O) groups is 2. The van der Waals surface area contributed by atoms with Crippen LogP contribution in [0.4, 0.5) is 13.2 Å². The Hall–Kier alpha value is -1.77. The highest BCUT2D eigenvalue weighted by molar-refractivity contribution is 7.18. The van der Waals surface area contributed by atoms with Gasteiger partial charge in [0.2, 0.25) is 5.91 Å². The number of hydrogen-bond acceptors (Lipinski definition) is 5. The van der Waals surface area contributed by atoms with Gasteiger partial charge in [0.25, 0.3) is 5.91 Å². The van der Waals surface area contributed by atoms with Crippen LogP contribution in [0.15, 0.2) is 4.99 Å². The van der Waals surface area contributed by atoms with Gasteiger partial charge < -0.3 is 10.6 Å². The fourth-order valence-electron chi connectivity index (χ4n) is 4.13. The van der Waals surface area contributed by atoms with Crippen molar-refractivity contribution in [2.45, 2.75) is 50.6 Å². The SMILES string of the molecule is C#CCNC(=O)CNC(=O)c1sc(C(C[C@@](C)(c2sc(Cl)c(Cl)c2Cl)C(F)(F)F)=NC)c2c1CCCC2. The summed E-state index contributed by atoms with van der Waals surface area (Å²) in [5.41, 5.74) is -0.631. The summed E-state index contributed by atoms with van der Waals surface area (Å²) in [5.74, 6) is 1.35. The Balaban J connectivity index is 2.00. The number of nitrogens with one attached hydrogen (secondary N) is 2. The molecule has 0 bridgehead atoms. The van der Waals surface area contributed by atoms with Gasteiger partial charge in [-0.3, -0.25) is 14.6 Å². The molecule has 0 radical (unpaired) electrons. The number of carbonyl (C=O) groups excluding carboxylic acids is 2. The van der Waals surface area contributed by atoms with E-state index in [2.05, 4.69) is 21.5 Å². The molecule has 2 aromatic heterocycles. The van der Waals surface area contributed by atoms with E-state index in [1.165, 1.54) is 7.05 Å². The molecule has 3 rings (SSSR count). The van der Waals surface area contributed by atoms with E-state index in [9.17, 15) is 22.8 Å². The van der Waals surface area contributed by atoms with Crippen LogP contribution in [0.1, 0.15) is 56.7 Å². The van der Waals surface area contributed by atoms with Crippen LogP contribution in [0.2, 0.25) is 14.4 Å². The highest BCUT2D eigenvalue weighted by atomic mass is 35.5. The van der Waals surface area contributed by atoms with Crippen LogP contribution in [-0.2, 0) is 23.1 Å². The molecule has 1 aliphatic carbocycles. The highest BCUT2D eigenvalue weighted by Gasteiger charge is 2.55. The quantitative estimate of drug-likeness (QED) is 0.266. The number of rotatable bonds is 8. The molecule has 0 fully saturated rings. The Morgan fingerprint density at radius 2 is 1.68 bits per heavy atom. The smallest absolute Gasteiger partial charge is 0.344 e. The number of amides is 2. The van der Waals surface area contributed by atoms with E-state index in [1.54, 1.807) is 0 Å². The van der Waals surface area contributed by atoms with Crippen molar-refractivity contribution < 1.29 is 22.8 Å². The molecule has 2 aromatic rings. The number of fused-ring (bicyclic) bond motifs is 1. The highest BCUT2D eigenvalue weighted by Crippen LogP contribution is 2.53. The molecule has 1 atom stereocenters. The number of aliphatic imine (C=N–C) groups is 1. The molecule has 13 heteroatoms. The van der Waals surface area contributed by atoms with Gasteiger partial charge >= 0.3 is 6.18 Å². The summed E-state index contributed by atoms with van der Waals surface area (Å²) in [4.78, 5) is 29.8. The first kappa shape index (κ1) is 29.8. The van der Waals surface area contributed by atoms with Gasteiger partial charge in [-0.2, -0.15) is 13.2 Å². The molecule has 2 N–H and O–H groups in total. The minimum absolute atomic E-state index is 0.0223. The molecule has 0 aromatic carbocycles. The van der Waals surface area contributed by atoms with E-state index in [0.29, 0.717) is 33.9 Å². The van der Waals surface area contributed by atoms with Crippen molar-refractivity contribution in [1.82, 2.24) is 10.6 Å². The lowest BCUT2D eigenvalue weighted by atomic mass is 9.80. The van der Waals surface area contributed by atoms with Gasteiger partial charge in [0.1, 0.15) is 9.75 Å². The van der Waals surface area contributed by atoms with Crippen LogP contribution in [0, 0.1) is 12.3 Å². The van der Waals surface area contributed by atoms with Crippen LogP contribution in [0.5, 0.6) is 0 Å². The zero-order chi connectivity index (χ0) is 27.5. The maximum atomic E-state index is 14.6. The number of thiophene rings is 2. The van der Waals surface area contributed by atoms with Crippen LogP contribution in [-0.4, -0.2) is 43.8 Å². The molecule has 200 valence electrons. The summed E-state index contributed by atoms with van der Waals surface area (Å²) in [7, 11) is 1.42. The Kier molecular flexibility index (Phi) is 9.62. The van der Waals surface area contributed by atoms with Crippen LogP contribution in [0.25, 0.3) is 0 Å². The second-order valence-corrected chi connectivity index (χ2v) is 12.0. The van der Waals surface area contributed by atoms with Gasteiger partial charge in [-0.05, 0) is 43.7 Å². The monoisotopic (exact) mass is 611 g/mol. The maximum Gasteiger partial charge on any atom is 0.399 e. The second kappa shape index (κ2) is 12.0. The topological polar surface area (TPSA) is 70.6 Å². The van der Waals surface area contributed by atoms with Gasteiger partial charge in [-0.25, -0.2) is 0 Å². The van der Waals surface area contributed by atoms with Crippen molar-refractivity contribution in [3.63, 3.8) is 0 Å². The first-order valence-electron chi connectivity index (χ1n) is 11.1. The molecule has 0 aliphatic heterocycles. The van der Waals surface area contributed by atoms with Crippen molar-refractivity contribution in [1.29, 1.82) is 0 Å². The minimum Gasteiger partial charge on any atom is -0.344 e. The van der Waals surface area contributed by atoms with Crippen molar-refractivity contribution in [3.8, 4) is 12.3 Å². The third-order valence-corrected chi connectivity index (χ3v) is 10.3. The Labute approximate surface area is 235 Å².